The van der Waals surface area contributed by atoms with Crippen molar-refractivity contribution in [2.75, 3.05) is 6.61 Å². The van der Waals surface area contributed by atoms with Crippen molar-refractivity contribution >= 4 is 23.1 Å². The van der Waals surface area contributed by atoms with Gasteiger partial charge in [0, 0.05) is 17.4 Å². The predicted octanol–water partition coefficient (Wildman–Crippen LogP) is 3.22. The first-order valence-electron chi connectivity index (χ1n) is 8.38. The number of thiazole rings is 1. The van der Waals surface area contributed by atoms with Gasteiger partial charge in [-0.3, -0.25) is 9.59 Å². The van der Waals surface area contributed by atoms with Gasteiger partial charge in [0.1, 0.15) is 16.5 Å². The third kappa shape index (κ3) is 5.39. The minimum Gasteiger partial charge on any atom is -0.493 e. The summed E-state index contributed by atoms with van der Waals surface area (Å²) in [5.41, 5.74) is 2.52. The van der Waals surface area contributed by atoms with Gasteiger partial charge in [-0.05, 0) is 37.3 Å². The summed E-state index contributed by atoms with van der Waals surface area (Å²) in [7, 11) is 0. The number of hydrogen-bond donors (Lipinski definition) is 1. The molecule has 0 bridgehead atoms. The molecule has 0 saturated heterocycles. The fraction of sp³-hybridized carbons (Fsp3) is 0.421. The Labute approximate surface area is 150 Å². The van der Waals surface area contributed by atoms with E-state index in [-0.39, 0.29) is 18.6 Å². The van der Waals surface area contributed by atoms with Crippen molar-refractivity contribution in [3.63, 3.8) is 0 Å². The van der Waals surface area contributed by atoms with Gasteiger partial charge in [0.15, 0.2) is 0 Å². The topological polar surface area (TPSA) is 76.5 Å². The Hall–Kier alpha value is -2.21. The van der Waals surface area contributed by atoms with Crippen LogP contribution in [0.1, 0.15) is 34.7 Å². The zero-order valence-corrected chi connectivity index (χ0v) is 15.0. The average Bonchev–Trinajstić information content (AvgIpc) is 3.28. The van der Waals surface area contributed by atoms with Gasteiger partial charge in [-0.25, -0.2) is 4.98 Å². The summed E-state index contributed by atoms with van der Waals surface area (Å²) in [6.07, 6.45) is 2.86. The van der Waals surface area contributed by atoms with Crippen LogP contribution in [0, 0.1) is 12.8 Å². The van der Waals surface area contributed by atoms with E-state index < -0.39 is 5.97 Å². The number of aryl methyl sites for hydroxylation is 1. The zero-order valence-electron chi connectivity index (χ0n) is 14.2. The van der Waals surface area contributed by atoms with E-state index in [2.05, 4.69) is 4.98 Å². The quantitative estimate of drug-likeness (QED) is 0.744. The first kappa shape index (κ1) is 17.6. The Bertz CT molecular complexity index is 779. The summed E-state index contributed by atoms with van der Waals surface area (Å²) in [4.78, 5) is 27.3. The van der Waals surface area contributed by atoms with Crippen LogP contribution in [0.5, 0.6) is 5.75 Å². The minimum absolute atomic E-state index is 0.0522. The molecule has 1 aromatic heterocycles. The lowest BCUT2D eigenvalue weighted by molar-refractivity contribution is -0.136. The monoisotopic (exact) mass is 359 g/mol. The van der Waals surface area contributed by atoms with E-state index in [0.29, 0.717) is 23.0 Å². The summed E-state index contributed by atoms with van der Waals surface area (Å²) in [5.74, 6) is 0.592. The van der Waals surface area contributed by atoms with E-state index in [1.165, 1.54) is 24.2 Å². The van der Waals surface area contributed by atoms with Crippen molar-refractivity contribution in [2.45, 2.75) is 39.0 Å². The second kappa shape index (κ2) is 7.78. The molecule has 1 N–H and O–H groups in total. The molecule has 1 aliphatic carbocycles. The molecular weight excluding hydrogens is 338 g/mol. The highest BCUT2D eigenvalue weighted by atomic mass is 32.1. The molecule has 3 rings (SSSR count). The van der Waals surface area contributed by atoms with E-state index in [1.54, 1.807) is 5.38 Å². The smallest absolute Gasteiger partial charge is 0.309 e. The molecule has 0 radical (unpaired) electrons. The molecule has 0 aliphatic heterocycles. The maximum Gasteiger partial charge on any atom is 0.309 e. The molecule has 5 nitrogen and oxygen atoms in total. The van der Waals surface area contributed by atoms with E-state index >= 15 is 0 Å². The highest BCUT2D eigenvalue weighted by molar-refractivity contribution is 7.09. The van der Waals surface area contributed by atoms with Crippen LogP contribution in [0.3, 0.4) is 0 Å². The average molecular weight is 359 g/mol. The summed E-state index contributed by atoms with van der Waals surface area (Å²) >= 11 is 1.33. The molecule has 0 spiro atoms. The first-order valence-corrected chi connectivity index (χ1v) is 9.26. The van der Waals surface area contributed by atoms with Crippen LogP contribution in [-0.4, -0.2) is 28.4 Å². The number of carboxylic acids is 1. The molecule has 2 aromatic rings. The highest BCUT2D eigenvalue weighted by Crippen LogP contribution is 2.31. The van der Waals surface area contributed by atoms with E-state index in [0.717, 1.165) is 23.5 Å². The normalized spacial score (nSPS) is 13.6. The molecule has 6 heteroatoms. The number of ketones is 1. The fourth-order valence-corrected chi connectivity index (χ4v) is 3.37. The van der Waals surface area contributed by atoms with Gasteiger partial charge in [-0.15, -0.1) is 11.3 Å². The number of carboxylic acid groups (broad SMARTS) is 1. The van der Waals surface area contributed by atoms with Crippen LogP contribution < -0.4 is 4.74 Å². The van der Waals surface area contributed by atoms with Crippen molar-refractivity contribution < 1.29 is 19.4 Å². The summed E-state index contributed by atoms with van der Waals surface area (Å²) in [6, 6.07) is 5.92. The standard InChI is InChI=1S/C19H21NO4S/c1-12-2-5-14(17(6-12)24-10-13-3-4-13)7-16(21)9-18-20-15(11-25-18)8-19(22)23/h2,5-6,11,13H,3-4,7-10H2,1H3,(H,22,23). The Morgan fingerprint density at radius 1 is 1.28 bits per heavy atom. The fourth-order valence-electron chi connectivity index (χ4n) is 2.54. The maximum absolute atomic E-state index is 12.4. The number of Topliss-reactive ketones (excluding diaryl/α,β-unsaturated/α-hetero) is 1. The van der Waals surface area contributed by atoms with Crippen molar-refractivity contribution in [3.8, 4) is 5.75 Å². The summed E-state index contributed by atoms with van der Waals surface area (Å²) < 4.78 is 5.91. The zero-order chi connectivity index (χ0) is 17.8. The van der Waals surface area contributed by atoms with Gasteiger partial charge in [-0.2, -0.15) is 0 Å². The number of aromatic nitrogens is 1. The first-order chi connectivity index (χ1) is 12.0. The van der Waals surface area contributed by atoms with Crippen LogP contribution in [0.15, 0.2) is 23.6 Å². The molecule has 132 valence electrons. The lowest BCUT2D eigenvalue weighted by atomic mass is 10.0. The molecule has 1 aliphatic rings. The largest absolute Gasteiger partial charge is 0.493 e. The molecule has 1 fully saturated rings. The number of hydrogen-bond acceptors (Lipinski definition) is 5. The molecule has 1 saturated carbocycles. The van der Waals surface area contributed by atoms with E-state index in [9.17, 15) is 9.59 Å². The second-order valence-electron chi connectivity index (χ2n) is 6.56. The highest BCUT2D eigenvalue weighted by Gasteiger charge is 2.22. The molecule has 1 aromatic carbocycles. The van der Waals surface area contributed by atoms with Gasteiger partial charge in [0.05, 0.1) is 25.1 Å². The van der Waals surface area contributed by atoms with E-state index in [4.69, 9.17) is 9.84 Å². The maximum atomic E-state index is 12.4. The number of aliphatic carboxylic acids is 1. The molecule has 1 heterocycles. The third-order valence-electron chi connectivity index (χ3n) is 4.06. The Balaban J connectivity index is 1.61. The Kier molecular flexibility index (Phi) is 5.48. The van der Waals surface area contributed by atoms with Gasteiger partial charge >= 0.3 is 5.97 Å². The van der Waals surface area contributed by atoms with Gasteiger partial charge < -0.3 is 9.84 Å². The molecule has 25 heavy (non-hydrogen) atoms. The van der Waals surface area contributed by atoms with Crippen molar-refractivity contribution in [1.82, 2.24) is 4.98 Å². The number of benzene rings is 1. The van der Waals surface area contributed by atoms with Gasteiger partial charge in [-0.1, -0.05) is 12.1 Å². The lowest BCUT2D eigenvalue weighted by Crippen LogP contribution is -2.09. The van der Waals surface area contributed by atoms with Crippen molar-refractivity contribution in [1.29, 1.82) is 0 Å². The Morgan fingerprint density at radius 2 is 2.08 bits per heavy atom. The number of carbonyl (C=O) groups excluding carboxylic acids is 1. The molecular formula is C19H21NO4S. The van der Waals surface area contributed by atoms with Crippen LogP contribution in [-0.2, 0) is 28.9 Å². The molecule has 0 amide bonds. The second-order valence-corrected chi connectivity index (χ2v) is 7.50. The number of carbonyl (C=O) groups is 2. The molecule has 0 unspecified atom stereocenters. The van der Waals surface area contributed by atoms with Crippen LogP contribution in [0.4, 0.5) is 0 Å². The molecule has 0 atom stereocenters. The van der Waals surface area contributed by atoms with Crippen LogP contribution in [0.2, 0.25) is 0 Å². The van der Waals surface area contributed by atoms with Crippen molar-refractivity contribution in [3.05, 3.63) is 45.4 Å². The number of ether oxygens (including phenoxy) is 1. The SMILES string of the molecule is Cc1ccc(CC(=O)Cc2nc(CC(=O)O)cs2)c(OCC2CC2)c1. The third-order valence-corrected chi connectivity index (χ3v) is 4.96. The predicted molar refractivity (Wildman–Crippen MR) is 95.3 cm³/mol. The summed E-state index contributed by atoms with van der Waals surface area (Å²) in [5, 5.41) is 11.1. The van der Waals surface area contributed by atoms with Crippen LogP contribution in [0.25, 0.3) is 0 Å². The van der Waals surface area contributed by atoms with Crippen LogP contribution >= 0.6 is 11.3 Å². The van der Waals surface area contributed by atoms with Gasteiger partial charge in [0.2, 0.25) is 0 Å². The van der Waals surface area contributed by atoms with Gasteiger partial charge in [0.25, 0.3) is 0 Å². The minimum atomic E-state index is -0.916. The van der Waals surface area contributed by atoms with Crippen molar-refractivity contribution in [2.24, 2.45) is 5.92 Å². The summed E-state index contributed by atoms with van der Waals surface area (Å²) in [6.45, 7) is 2.73. The Morgan fingerprint density at radius 3 is 2.80 bits per heavy atom. The lowest BCUT2D eigenvalue weighted by Gasteiger charge is -2.11. The number of rotatable bonds is 9. The van der Waals surface area contributed by atoms with E-state index in [1.807, 2.05) is 25.1 Å². The number of nitrogens with zero attached hydrogens (tertiary/aromatic N) is 1.